The lowest BCUT2D eigenvalue weighted by atomic mass is 10.2. The Balaban J connectivity index is 1.65. The van der Waals surface area contributed by atoms with Crippen molar-refractivity contribution in [2.75, 3.05) is 12.5 Å². The summed E-state index contributed by atoms with van der Waals surface area (Å²) in [5, 5.41) is 14.3. The number of benzene rings is 2. The number of rotatable bonds is 8. The van der Waals surface area contributed by atoms with Crippen molar-refractivity contribution in [1.82, 2.24) is 15.1 Å². The van der Waals surface area contributed by atoms with Crippen LogP contribution in [0.25, 0.3) is 5.69 Å². The van der Waals surface area contributed by atoms with Crippen molar-refractivity contribution in [1.29, 1.82) is 0 Å². The number of para-hydroxylation sites is 1. The van der Waals surface area contributed by atoms with Crippen LogP contribution in [0.4, 0.5) is 13.2 Å². The number of ether oxygens (including phenoxy) is 1. The molecule has 0 saturated carbocycles. The maximum Gasteiger partial charge on any atom is 0.435 e. The molecule has 0 saturated heterocycles. The summed E-state index contributed by atoms with van der Waals surface area (Å²) in [6.07, 6.45) is -4.70. The number of halogens is 4. The number of amides is 1. The summed E-state index contributed by atoms with van der Waals surface area (Å²) in [6, 6.07) is 16.1. The van der Waals surface area contributed by atoms with Crippen LogP contribution in [0.5, 0.6) is 5.88 Å². The molecule has 0 bridgehead atoms. The number of carbonyl (C=O) groups is 1. The SMILES string of the molecule is C=N/N=C(\SCNC(=O)COc1cc(C(F)(F)F)nn1-c1ccccc1Cl)c1ccccc1. The van der Waals surface area contributed by atoms with Gasteiger partial charge in [-0.25, -0.2) is 0 Å². The highest BCUT2D eigenvalue weighted by Crippen LogP contribution is 2.33. The standard InChI is InChI=1S/C21H17ClF3N5O2S/c1-26-28-20(14-7-3-2-4-8-14)33-13-27-18(31)12-32-19-11-17(21(23,24)25)29-30(19)16-10-6-5-9-15(16)22/h2-11H,1,12-13H2,(H,27,31)/b28-20-. The van der Waals surface area contributed by atoms with Gasteiger partial charge in [0.2, 0.25) is 5.88 Å². The molecule has 3 rings (SSSR count). The molecule has 0 aliphatic rings. The first-order valence-corrected chi connectivity index (χ1v) is 10.7. The summed E-state index contributed by atoms with van der Waals surface area (Å²) in [6.45, 7) is 2.80. The van der Waals surface area contributed by atoms with Crippen molar-refractivity contribution in [2.45, 2.75) is 6.18 Å². The zero-order chi connectivity index (χ0) is 23.8. The maximum atomic E-state index is 13.2. The zero-order valence-electron chi connectivity index (χ0n) is 16.9. The van der Waals surface area contributed by atoms with Crippen molar-refractivity contribution in [3.8, 4) is 11.6 Å². The number of hydrogen-bond donors (Lipinski definition) is 1. The normalized spacial score (nSPS) is 11.8. The topological polar surface area (TPSA) is 80.9 Å². The Bertz CT molecular complexity index is 1150. The van der Waals surface area contributed by atoms with Crippen LogP contribution >= 0.6 is 23.4 Å². The van der Waals surface area contributed by atoms with E-state index in [0.29, 0.717) is 11.1 Å². The molecule has 1 aromatic heterocycles. The number of alkyl halides is 3. The summed E-state index contributed by atoms with van der Waals surface area (Å²) in [4.78, 5) is 12.2. The van der Waals surface area contributed by atoms with Gasteiger partial charge in [-0.3, -0.25) is 4.79 Å². The molecule has 33 heavy (non-hydrogen) atoms. The first kappa shape index (κ1) is 24.3. The highest BCUT2D eigenvalue weighted by atomic mass is 35.5. The third-order valence-electron chi connectivity index (χ3n) is 4.06. The molecule has 1 amide bonds. The van der Waals surface area contributed by atoms with Gasteiger partial charge in [0.1, 0.15) is 5.04 Å². The summed E-state index contributed by atoms with van der Waals surface area (Å²) in [5.41, 5.74) is -0.195. The summed E-state index contributed by atoms with van der Waals surface area (Å²) in [7, 11) is 0. The fraction of sp³-hybridized carbons (Fsp3) is 0.143. The number of thioether (sulfide) groups is 1. The molecule has 2 aromatic carbocycles. The number of aromatic nitrogens is 2. The van der Waals surface area contributed by atoms with Crippen molar-refractivity contribution < 1.29 is 22.7 Å². The molecule has 0 radical (unpaired) electrons. The van der Waals surface area contributed by atoms with Gasteiger partial charge in [0.25, 0.3) is 5.91 Å². The Labute approximate surface area is 196 Å². The molecule has 12 heteroatoms. The summed E-state index contributed by atoms with van der Waals surface area (Å²) >= 11 is 7.29. The largest absolute Gasteiger partial charge is 0.467 e. The number of nitrogens with zero attached hydrogens (tertiary/aromatic N) is 4. The molecule has 3 aromatic rings. The second kappa shape index (κ2) is 11.0. The second-order valence-corrected chi connectivity index (χ2v) is 7.69. The van der Waals surface area contributed by atoms with Crippen LogP contribution in [0, 0.1) is 0 Å². The third-order valence-corrected chi connectivity index (χ3v) is 5.26. The van der Waals surface area contributed by atoms with E-state index in [4.69, 9.17) is 16.3 Å². The lowest BCUT2D eigenvalue weighted by molar-refractivity contribution is -0.141. The maximum absolute atomic E-state index is 13.2. The van der Waals surface area contributed by atoms with E-state index < -0.39 is 24.4 Å². The molecular formula is C21H17ClF3N5O2S. The minimum Gasteiger partial charge on any atom is -0.467 e. The summed E-state index contributed by atoms with van der Waals surface area (Å²) < 4.78 is 45.8. The molecule has 1 N–H and O–H groups in total. The Morgan fingerprint density at radius 2 is 1.88 bits per heavy atom. The molecule has 0 fully saturated rings. The van der Waals surface area contributed by atoms with E-state index in [2.05, 4.69) is 27.3 Å². The van der Waals surface area contributed by atoms with Gasteiger partial charge in [0, 0.05) is 18.3 Å². The Morgan fingerprint density at radius 1 is 1.18 bits per heavy atom. The summed E-state index contributed by atoms with van der Waals surface area (Å²) in [5.74, 6) is -0.703. The molecule has 0 unspecified atom stereocenters. The quantitative estimate of drug-likeness (QED) is 0.211. The monoisotopic (exact) mass is 495 g/mol. The van der Waals surface area contributed by atoms with Crippen molar-refractivity contribution in [2.24, 2.45) is 10.2 Å². The zero-order valence-corrected chi connectivity index (χ0v) is 18.5. The Kier molecular flexibility index (Phi) is 8.12. The lowest BCUT2D eigenvalue weighted by Crippen LogP contribution is -2.29. The van der Waals surface area contributed by atoms with Crippen molar-refractivity contribution >= 4 is 41.0 Å². The molecule has 0 spiro atoms. The average molecular weight is 496 g/mol. The highest BCUT2D eigenvalue weighted by molar-refractivity contribution is 8.14. The predicted molar refractivity (Wildman–Crippen MR) is 122 cm³/mol. The number of carbonyl (C=O) groups excluding carboxylic acids is 1. The Hall–Kier alpha value is -3.31. The first-order chi connectivity index (χ1) is 15.8. The van der Waals surface area contributed by atoms with Crippen molar-refractivity contribution in [3.05, 3.63) is 76.9 Å². The number of nitrogens with one attached hydrogen (secondary N) is 1. The van der Waals surface area contributed by atoms with Crippen LogP contribution < -0.4 is 10.1 Å². The first-order valence-electron chi connectivity index (χ1n) is 9.33. The van der Waals surface area contributed by atoms with Crippen LogP contribution in [0.2, 0.25) is 5.02 Å². The van der Waals surface area contributed by atoms with E-state index in [0.717, 1.165) is 10.2 Å². The van der Waals surface area contributed by atoms with Gasteiger partial charge in [-0.05, 0) is 12.1 Å². The van der Waals surface area contributed by atoms with Gasteiger partial charge in [0.05, 0.1) is 16.6 Å². The van der Waals surface area contributed by atoms with Gasteiger partial charge in [0.15, 0.2) is 12.3 Å². The molecular weight excluding hydrogens is 479 g/mol. The molecule has 1 heterocycles. The van der Waals surface area contributed by atoms with Crippen LogP contribution in [0.15, 0.2) is 70.9 Å². The molecule has 172 valence electrons. The smallest absolute Gasteiger partial charge is 0.435 e. The average Bonchev–Trinajstić information content (AvgIpc) is 3.23. The molecule has 7 nitrogen and oxygen atoms in total. The van der Waals surface area contributed by atoms with Crippen LogP contribution in [0.1, 0.15) is 11.3 Å². The van der Waals surface area contributed by atoms with Gasteiger partial charge in [-0.15, -0.1) is 5.10 Å². The minimum absolute atomic E-state index is 0.128. The van der Waals surface area contributed by atoms with E-state index in [1.807, 2.05) is 30.3 Å². The molecule has 0 atom stereocenters. The fourth-order valence-electron chi connectivity index (χ4n) is 2.59. The highest BCUT2D eigenvalue weighted by Gasteiger charge is 2.36. The van der Waals surface area contributed by atoms with Gasteiger partial charge >= 0.3 is 6.18 Å². The van der Waals surface area contributed by atoms with E-state index >= 15 is 0 Å². The van der Waals surface area contributed by atoms with E-state index in [1.165, 1.54) is 23.9 Å². The van der Waals surface area contributed by atoms with E-state index in [9.17, 15) is 18.0 Å². The Morgan fingerprint density at radius 3 is 2.55 bits per heavy atom. The van der Waals surface area contributed by atoms with Gasteiger partial charge in [-0.2, -0.15) is 28.1 Å². The fourth-order valence-corrected chi connectivity index (χ4v) is 3.60. The second-order valence-electron chi connectivity index (χ2n) is 6.32. The van der Waals surface area contributed by atoms with Crippen LogP contribution in [-0.2, 0) is 11.0 Å². The number of hydrogen-bond acceptors (Lipinski definition) is 6. The molecule has 0 aliphatic carbocycles. The third kappa shape index (κ3) is 6.59. The van der Waals surface area contributed by atoms with Crippen LogP contribution in [0.3, 0.4) is 0 Å². The van der Waals surface area contributed by atoms with Crippen molar-refractivity contribution in [3.63, 3.8) is 0 Å². The predicted octanol–water partition coefficient (Wildman–Crippen LogP) is 4.79. The lowest BCUT2D eigenvalue weighted by Gasteiger charge is -2.11. The van der Waals surface area contributed by atoms with E-state index in [-0.39, 0.29) is 22.5 Å². The molecule has 0 aliphatic heterocycles. The minimum atomic E-state index is -4.70. The van der Waals surface area contributed by atoms with Gasteiger partial charge in [-0.1, -0.05) is 65.8 Å². The van der Waals surface area contributed by atoms with Crippen LogP contribution in [-0.4, -0.2) is 39.9 Å². The van der Waals surface area contributed by atoms with Gasteiger partial charge < -0.3 is 10.1 Å². The van der Waals surface area contributed by atoms with E-state index in [1.54, 1.807) is 12.1 Å².